The second kappa shape index (κ2) is 6.70. The highest BCUT2D eigenvalue weighted by molar-refractivity contribution is 6.30. The normalized spacial score (nSPS) is 12.9. The summed E-state index contributed by atoms with van der Waals surface area (Å²) in [6.45, 7) is 0. The summed E-state index contributed by atoms with van der Waals surface area (Å²) in [6, 6.07) is 4.56. The van der Waals surface area contributed by atoms with Gasteiger partial charge in [0.2, 0.25) is 5.88 Å². The summed E-state index contributed by atoms with van der Waals surface area (Å²) in [5.74, 6) is -1.46. The first-order valence-corrected chi connectivity index (χ1v) is 7.02. The van der Waals surface area contributed by atoms with Crippen LogP contribution >= 0.6 is 11.6 Å². The lowest BCUT2D eigenvalue weighted by Gasteiger charge is -2.14. The number of hydrogen-bond acceptors (Lipinski definition) is 4. The van der Waals surface area contributed by atoms with Crippen LogP contribution in [-0.2, 0) is 18.0 Å². The van der Waals surface area contributed by atoms with Crippen molar-refractivity contribution in [3.8, 4) is 11.6 Å². The lowest BCUT2D eigenvalue weighted by molar-refractivity contribution is -0.143. The summed E-state index contributed by atoms with van der Waals surface area (Å²) < 4.78 is 45.9. The van der Waals surface area contributed by atoms with Gasteiger partial charge in [-0.05, 0) is 18.2 Å². The van der Waals surface area contributed by atoms with Crippen LogP contribution in [0.1, 0.15) is 23.7 Å². The molecule has 10 heteroatoms. The Kier molecular flexibility index (Phi) is 5.05. The van der Waals surface area contributed by atoms with Gasteiger partial charge in [-0.15, -0.1) is 0 Å². The number of alkyl halides is 3. The van der Waals surface area contributed by atoms with Crippen molar-refractivity contribution in [3.63, 3.8) is 0 Å². The zero-order valence-corrected chi connectivity index (χ0v) is 13.1. The van der Waals surface area contributed by atoms with E-state index in [-0.39, 0.29) is 11.6 Å². The van der Waals surface area contributed by atoms with Crippen molar-refractivity contribution in [1.29, 1.82) is 0 Å². The molecule has 0 spiro atoms. The van der Waals surface area contributed by atoms with E-state index in [9.17, 15) is 18.0 Å². The van der Waals surface area contributed by atoms with Crippen molar-refractivity contribution < 1.29 is 27.8 Å². The number of benzene rings is 1. The van der Waals surface area contributed by atoms with E-state index in [1.165, 1.54) is 19.2 Å². The molecule has 6 nitrogen and oxygen atoms in total. The molecule has 24 heavy (non-hydrogen) atoms. The molecule has 0 saturated carbocycles. The van der Waals surface area contributed by atoms with Gasteiger partial charge < -0.3 is 15.6 Å². The molecular formula is C14H13ClF3N3O3. The van der Waals surface area contributed by atoms with Gasteiger partial charge in [-0.25, -0.2) is 4.68 Å². The molecule has 1 heterocycles. The molecule has 1 unspecified atom stereocenters. The van der Waals surface area contributed by atoms with Crippen molar-refractivity contribution >= 4 is 17.6 Å². The number of carboxylic acids is 1. The van der Waals surface area contributed by atoms with Gasteiger partial charge in [0.1, 0.15) is 5.75 Å². The summed E-state index contributed by atoms with van der Waals surface area (Å²) >= 11 is 5.82. The van der Waals surface area contributed by atoms with E-state index in [1.54, 1.807) is 12.1 Å². The van der Waals surface area contributed by atoms with Gasteiger partial charge in [0.05, 0.1) is 12.0 Å². The lowest BCUT2D eigenvalue weighted by atomic mass is 10.0. The van der Waals surface area contributed by atoms with Gasteiger partial charge in [0.15, 0.2) is 5.69 Å². The fourth-order valence-electron chi connectivity index (χ4n) is 2.12. The van der Waals surface area contributed by atoms with Gasteiger partial charge in [-0.2, -0.15) is 18.3 Å². The first-order chi connectivity index (χ1) is 11.1. The van der Waals surface area contributed by atoms with Gasteiger partial charge in [0.25, 0.3) is 0 Å². The highest BCUT2D eigenvalue weighted by Gasteiger charge is 2.41. The number of aryl methyl sites for hydroxylation is 1. The number of carboxylic acid groups (broad SMARTS) is 1. The third-order valence-electron chi connectivity index (χ3n) is 3.07. The summed E-state index contributed by atoms with van der Waals surface area (Å²) in [7, 11) is 1.24. The van der Waals surface area contributed by atoms with E-state index in [0.717, 1.165) is 4.68 Å². The van der Waals surface area contributed by atoms with Gasteiger partial charge in [0, 0.05) is 18.1 Å². The molecule has 130 valence electrons. The summed E-state index contributed by atoms with van der Waals surface area (Å²) in [6.07, 6.45) is -5.51. The number of halogens is 4. The second-order valence-electron chi connectivity index (χ2n) is 4.95. The minimum absolute atomic E-state index is 0.169. The van der Waals surface area contributed by atoms with Gasteiger partial charge in [-0.1, -0.05) is 17.7 Å². The number of carbonyl (C=O) groups is 1. The number of nitrogens with two attached hydrogens (primary N) is 1. The quantitative estimate of drug-likeness (QED) is 0.850. The fraction of sp³-hybridized carbons (Fsp3) is 0.286. The van der Waals surface area contributed by atoms with E-state index in [2.05, 4.69) is 5.10 Å². The number of ether oxygens (including phenoxy) is 1. The minimum atomic E-state index is -4.81. The molecule has 0 bridgehead atoms. The molecule has 0 aliphatic rings. The van der Waals surface area contributed by atoms with Crippen LogP contribution < -0.4 is 10.5 Å². The molecule has 0 aliphatic carbocycles. The van der Waals surface area contributed by atoms with Crippen LogP contribution in [0.15, 0.2) is 24.3 Å². The maximum absolute atomic E-state index is 13.2. The minimum Gasteiger partial charge on any atom is -0.481 e. The molecule has 1 aromatic carbocycles. The summed E-state index contributed by atoms with van der Waals surface area (Å²) in [5, 5.41) is 12.5. The second-order valence-corrected chi connectivity index (χ2v) is 5.39. The molecule has 3 N–H and O–H groups in total. The van der Waals surface area contributed by atoms with Crippen LogP contribution in [0.3, 0.4) is 0 Å². The first kappa shape index (κ1) is 18.1. The van der Waals surface area contributed by atoms with Crippen molar-refractivity contribution in [2.45, 2.75) is 18.6 Å². The zero-order chi connectivity index (χ0) is 18.1. The SMILES string of the molecule is Cn1nc(C(F)(F)F)c(C(N)CC(=O)O)c1Oc1cccc(Cl)c1. The highest BCUT2D eigenvalue weighted by Crippen LogP contribution is 2.40. The molecule has 0 fully saturated rings. The van der Waals surface area contributed by atoms with E-state index < -0.39 is 35.9 Å². The largest absolute Gasteiger partial charge is 0.481 e. The highest BCUT2D eigenvalue weighted by atomic mass is 35.5. The molecular weight excluding hydrogens is 351 g/mol. The van der Waals surface area contributed by atoms with Crippen molar-refractivity contribution in [1.82, 2.24) is 9.78 Å². The molecule has 2 rings (SSSR count). The third-order valence-corrected chi connectivity index (χ3v) is 3.31. The van der Waals surface area contributed by atoms with Crippen molar-refractivity contribution in [2.75, 3.05) is 0 Å². The number of aliphatic carboxylic acids is 1. The standard InChI is InChI=1S/C14H13ClF3N3O3/c1-21-13(24-8-4-2-3-7(15)5-8)11(9(19)6-10(22)23)12(20-21)14(16,17)18/h2-5,9H,6,19H2,1H3,(H,22,23). The molecule has 0 saturated heterocycles. The maximum atomic E-state index is 13.2. The Morgan fingerprint density at radius 2 is 2.17 bits per heavy atom. The van der Waals surface area contributed by atoms with E-state index in [0.29, 0.717) is 5.02 Å². The van der Waals surface area contributed by atoms with Gasteiger partial charge >= 0.3 is 12.1 Å². The van der Waals surface area contributed by atoms with Crippen LogP contribution in [0.5, 0.6) is 11.6 Å². The topological polar surface area (TPSA) is 90.4 Å². The Morgan fingerprint density at radius 1 is 1.50 bits per heavy atom. The van der Waals surface area contributed by atoms with E-state index in [4.69, 9.17) is 27.2 Å². The van der Waals surface area contributed by atoms with E-state index >= 15 is 0 Å². The molecule has 1 atom stereocenters. The number of hydrogen-bond donors (Lipinski definition) is 2. The predicted octanol–water partition coefficient (Wildman–Crippen LogP) is 3.36. The predicted molar refractivity (Wildman–Crippen MR) is 78.9 cm³/mol. The van der Waals surface area contributed by atoms with Crippen LogP contribution in [0, 0.1) is 0 Å². The van der Waals surface area contributed by atoms with Gasteiger partial charge in [-0.3, -0.25) is 4.79 Å². The number of aromatic nitrogens is 2. The lowest BCUT2D eigenvalue weighted by Crippen LogP contribution is -2.19. The number of rotatable bonds is 5. The molecule has 1 aromatic heterocycles. The van der Waals surface area contributed by atoms with Crippen molar-refractivity contribution in [2.24, 2.45) is 12.8 Å². The monoisotopic (exact) mass is 363 g/mol. The number of nitrogens with zero attached hydrogens (tertiary/aromatic N) is 2. The Hall–Kier alpha value is -2.26. The zero-order valence-electron chi connectivity index (χ0n) is 12.3. The smallest absolute Gasteiger partial charge is 0.435 e. The Bertz CT molecular complexity index is 761. The van der Waals surface area contributed by atoms with Crippen LogP contribution in [0.25, 0.3) is 0 Å². The van der Waals surface area contributed by atoms with Crippen LogP contribution in [0.2, 0.25) is 5.02 Å². The molecule has 2 aromatic rings. The van der Waals surface area contributed by atoms with Crippen LogP contribution in [-0.4, -0.2) is 20.9 Å². The Balaban J connectivity index is 2.53. The summed E-state index contributed by atoms with van der Waals surface area (Å²) in [4.78, 5) is 10.8. The Labute approximate surface area is 139 Å². The van der Waals surface area contributed by atoms with Crippen LogP contribution in [0.4, 0.5) is 13.2 Å². The summed E-state index contributed by atoms with van der Waals surface area (Å²) in [5.41, 5.74) is 3.85. The molecule has 0 amide bonds. The molecule has 0 aliphatic heterocycles. The Morgan fingerprint density at radius 3 is 2.71 bits per heavy atom. The first-order valence-electron chi connectivity index (χ1n) is 6.64. The van der Waals surface area contributed by atoms with E-state index in [1.807, 2.05) is 0 Å². The fourth-order valence-corrected chi connectivity index (χ4v) is 2.30. The van der Waals surface area contributed by atoms with Crippen molar-refractivity contribution in [3.05, 3.63) is 40.5 Å². The molecule has 0 radical (unpaired) electrons. The maximum Gasteiger partial charge on any atom is 0.435 e. The average molecular weight is 364 g/mol. The average Bonchev–Trinajstić information content (AvgIpc) is 2.75. The third kappa shape index (κ3) is 3.98.